The van der Waals surface area contributed by atoms with Crippen LogP contribution in [0.5, 0.6) is 11.5 Å². The fourth-order valence-corrected chi connectivity index (χ4v) is 2.81. The number of carbonyl (C=O) groups excluding carboxylic acids is 1. The first kappa shape index (κ1) is 16.8. The summed E-state index contributed by atoms with van der Waals surface area (Å²) in [6.45, 7) is 0.101. The van der Waals surface area contributed by atoms with E-state index in [1.165, 1.54) is 21.9 Å². The summed E-state index contributed by atoms with van der Waals surface area (Å²) in [6, 6.07) is 16.0. The molecule has 0 unspecified atom stereocenters. The van der Waals surface area contributed by atoms with Gasteiger partial charge >= 0.3 is 0 Å². The van der Waals surface area contributed by atoms with Gasteiger partial charge in [0.25, 0.3) is 5.56 Å². The first-order valence-electron chi connectivity index (χ1n) is 8.40. The summed E-state index contributed by atoms with van der Waals surface area (Å²) in [7, 11) is 1.68. The van der Waals surface area contributed by atoms with Gasteiger partial charge in [-0.3, -0.25) is 14.2 Å². The molecule has 0 radical (unpaired) electrons. The van der Waals surface area contributed by atoms with Crippen molar-refractivity contribution in [2.75, 3.05) is 18.7 Å². The van der Waals surface area contributed by atoms with E-state index in [1.807, 2.05) is 36.4 Å². The van der Waals surface area contributed by atoms with Gasteiger partial charge in [0, 0.05) is 24.4 Å². The second-order valence-electron chi connectivity index (χ2n) is 6.10. The van der Waals surface area contributed by atoms with E-state index in [9.17, 15) is 9.59 Å². The average molecular weight is 363 g/mol. The molecule has 0 aliphatic carbocycles. The lowest BCUT2D eigenvalue weighted by Gasteiger charge is -2.17. The first-order chi connectivity index (χ1) is 13.1. The Balaban J connectivity index is 1.54. The molecule has 0 saturated heterocycles. The molecule has 4 rings (SSSR count). The smallest absolute Gasteiger partial charge is 0.254 e. The average Bonchev–Trinajstić information content (AvgIpc) is 3.17. The van der Waals surface area contributed by atoms with Crippen LogP contribution in [0, 0.1) is 0 Å². The second kappa shape index (κ2) is 6.95. The van der Waals surface area contributed by atoms with Crippen molar-refractivity contribution in [1.29, 1.82) is 0 Å². The number of nitrogens with zero attached hydrogens (tertiary/aromatic N) is 3. The van der Waals surface area contributed by atoms with Crippen LogP contribution < -0.4 is 19.9 Å². The zero-order valence-corrected chi connectivity index (χ0v) is 14.7. The third kappa shape index (κ3) is 3.39. The molecule has 7 heteroatoms. The van der Waals surface area contributed by atoms with E-state index in [-0.39, 0.29) is 24.8 Å². The molecule has 0 atom stereocenters. The van der Waals surface area contributed by atoms with Crippen molar-refractivity contribution in [3.8, 4) is 22.8 Å². The van der Waals surface area contributed by atoms with Gasteiger partial charge in [0.1, 0.15) is 6.54 Å². The second-order valence-corrected chi connectivity index (χ2v) is 6.10. The Kier molecular flexibility index (Phi) is 4.33. The Morgan fingerprint density at radius 1 is 1.11 bits per heavy atom. The lowest BCUT2D eigenvalue weighted by Crippen LogP contribution is -2.33. The molecule has 1 aromatic heterocycles. The van der Waals surface area contributed by atoms with Gasteiger partial charge in [-0.1, -0.05) is 18.2 Å². The minimum Gasteiger partial charge on any atom is -0.454 e. The molecule has 0 spiro atoms. The van der Waals surface area contributed by atoms with E-state index < -0.39 is 0 Å². The Morgan fingerprint density at radius 3 is 2.67 bits per heavy atom. The molecule has 2 aromatic carbocycles. The van der Waals surface area contributed by atoms with E-state index in [2.05, 4.69) is 4.98 Å². The largest absolute Gasteiger partial charge is 0.454 e. The van der Waals surface area contributed by atoms with Crippen molar-refractivity contribution in [3.05, 3.63) is 71.3 Å². The SMILES string of the molecule is CN(C(=O)Cn1cnc(-c2ccc3c(c2)OCO3)cc1=O)c1ccccc1. The molecule has 0 bridgehead atoms. The Labute approximate surface area is 155 Å². The highest BCUT2D eigenvalue weighted by Crippen LogP contribution is 2.35. The number of aromatic nitrogens is 2. The summed E-state index contributed by atoms with van der Waals surface area (Å²) < 4.78 is 11.9. The molecule has 27 heavy (non-hydrogen) atoms. The van der Waals surface area contributed by atoms with Gasteiger partial charge in [-0.05, 0) is 30.3 Å². The van der Waals surface area contributed by atoms with Crippen LogP contribution in [0.3, 0.4) is 0 Å². The van der Waals surface area contributed by atoms with Crippen molar-refractivity contribution in [2.45, 2.75) is 6.54 Å². The van der Waals surface area contributed by atoms with Crippen LogP contribution in [0.1, 0.15) is 0 Å². The number of hydrogen-bond donors (Lipinski definition) is 0. The predicted molar refractivity (Wildman–Crippen MR) is 99.9 cm³/mol. The number of likely N-dealkylation sites (N-methyl/N-ethyl adjacent to an activating group) is 1. The molecule has 1 amide bonds. The topological polar surface area (TPSA) is 73.7 Å². The molecule has 2 heterocycles. The summed E-state index contributed by atoms with van der Waals surface area (Å²) in [6.07, 6.45) is 1.39. The van der Waals surface area contributed by atoms with E-state index in [0.29, 0.717) is 17.2 Å². The van der Waals surface area contributed by atoms with Crippen molar-refractivity contribution < 1.29 is 14.3 Å². The zero-order chi connectivity index (χ0) is 18.8. The van der Waals surface area contributed by atoms with Crippen LogP contribution in [-0.2, 0) is 11.3 Å². The molecule has 0 N–H and O–H groups in total. The minimum absolute atomic E-state index is 0.0847. The van der Waals surface area contributed by atoms with Crippen molar-refractivity contribution >= 4 is 11.6 Å². The van der Waals surface area contributed by atoms with Crippen molar-refractivity contribution in [1.82, 2.24) is 9.55 Å². The van der Waals surface area contributed by atoms with Crippen LogP contribution >= 0.6 is 0 Å². The van der Waals surface area contributed by atoms with E-state index in [4.69, 9.17) is 9.47 Å². The van der Waals surface area contributed by atoms with Crippen LogP contribution in [0.25, 0.3) is 11.3 Å². The third-order valence-corrected chi connectivity index (χ3v) is 4.37. The van der Waals surface area contributed by atoms with Gasteiger partial charge in [-0.15, -0.1) is 0 Å². The van der Waals surface area contributed by atoms with Gasteiger partial charge < -0.3 is 14.4 Å². The molecule has 0 fully saturated rings. The van der Waals surface area contributed by atoms with Gasteiger partial charge in [-0.2, -0.15) is 0 Å². The quantitative estimate of drug-likeness (QED) is 0.711. The summed E-state index contributed by atoms with van der Waals surface area (Å²) in [5, 5.41) is 0. The molecular weight excluding hydrogens is 346 g/mol. The van der Waals surface area contributed by atoms with Crippen molar-refractivity contribution in [3.63, 3.8) is 0 Å². The van der Waals surface area contributed by atoms with E-state index >= 15 is 0 Å². The number of para-hydroxylation sites is 1. The summed E-state index contributed by atoms with van der Waals surface area (Å²) in [5.74, 6) is 1.08. The summed E-state index contributed by atoms with van der Waals surface area (Å²) >= 11 is 0. The number of anilines is 1. The lowest BCUT2D eigenvalue weighted by atomic mass is 10.1. The summed E-state index contributed by atoms with van der Waals surface area (Å²) in [5.41, 5.74) is 1.72. The maximum Gasteiger partial charge on any atom is 0.254 e. The third-order valence-electron chi connectivity index (χ3n) is 4.37. The standard InChI is InChI=1S/C20H17N3O4/c1-22(15-5-3-2-4-6-15)20(25)11-23-12-21-16(10-19(23)24)14-7-8-17-18(9-14)27-13-26-17/h2-10,12H,11,13H2,1H3. The molecule has 1 aliphatic rings. The number of rotatable bonds is 4. The maximum absolute atomic E-state index is 12.5. The predicted octanol–water partition coefficient (Wildman–Crippen LogP) is 2.30. The van der Waals surface area contributed by atoms with Crippen LogP contribution in [0.15, 0.2) is 65.7 Å². The fraction of sp³-hybridized carbons (Fsp3) is 0.150. The molecule has 136 valence electrons. The highest BCUT2D eigenvalue weighted by atomic mass is 16.7. The molecule has 0 saturated carbocycles. The fourth-order valence-electron chi connectivity index (χ4n) is 2.81. The van der Waals surface area contributed by atoms with Gasteiger partial charge in [0.15, 0.2) is 11.5 Å². The van der Waals surface area contributed by atoms with E-state index in [1.54, 1.807) is 19.2 Å². The lowest BCUT2D eigenvalue weighted by molar-refractivity contribution is -0.118. The number of fused-ring (bicyclic) bond motifs is 1. The Morgan fingerprint density at radius 2 is 1.89 bits per heavy atom. The molecule has 1 aliphatic heterocycles. The molecular formula is C20H17N3O4. The van der Waals surface area contributed by atoms with Gasteiger partial charge in [0.2, 0.25) is 12.7 Å². The normalized spacial score (nSPS) is 12.0. The number of ether oxygens (including phenoxy) is 2. The summed E-state index contributed by atoms with van der Waals surface area (Å²) in [4.78, 5) is 30.7. The molecule has 3 aromatic rings. The van der Waals surface area contributed by atoms with E-state index in [0.717, 1.165) is 11.3 Å². The number of benzene rings is 2. The minimum atomic E-state index is -0.299. The Hall–Kier alpha value is -3.61. The zero-order valence-electron chi connectivity index (χ0n) is 14.7. The maximum atomic E-state index is 12.5. The first-order valence-corrected chi connectivity index (χ1v) is 8.40. The van der Waals surface area contributed by atoms with Crippen LogP contribution in [0.2, 0.25) is 0 Å². The van der Waals surface area contributed by atoms with Crippen molar-refractivity contribution in [2.24, 2.45) is 0 Å². The Bertz CT molecular complexity index is 1050. The van der Waals surface area contributed by atoms with Gasteiger partial charge in [-0.25, -0.2) is 4.98 Å². The molecule has 7 nitrogen and oxygen atoms in total. The number of hydrogen-bond acceptors (Lipinski definition) is 5. The highest BCUT2D eigenvalue weighted by Gasteiger charge is 2.16. The highest BCUT2D eigenvalue weighted by molar-refractivity contribution is 5.92. The number of amides is 1. The van der Waals surface area contributed by atoms with Crippen LogP contribution in [0.4, 0.5) is 5.69 Å². The monoisotopic (exact) mass is 363 g/mol. The van der Waals surface area contributed by atoms with Crippen LogP contribution in [-0.4, -0.2) is 29.3 Å². The van der Waals surface area contributed by atoms with Gasteiger partial charge in [0.05, 0.1) is 12.0 Å². The number of carbonyl (C=O) groups is 1.